The van der Waals surface area contributed by atoms with Gasteiger partial charge in [-0.3, -0.25) is 19.5 Å². The van der Waals surface area contributed by atoms with Crippen molar-refractivity contribution in [3.05, 3.63) is 90.4 Å². The number of nitrogens with zero attached hydrogens (tertiary/aromatic N) is 3. The Morgan fingerprint density at radius 3 is 2.08 bits per heavy atom. The van der Waals surface area contributed by atoms with Crippen LogP contribution in [0.15, 0.2) is 79.0 Å². The summed E-state index contributed by atoms with van der Waals surface area (Å²) >= 11 is 0. The van der Waals surface area contributed by atoms with Gasteiger partial charge in [-0.05, 0) is 78.7 Å². The van der Waals surface area contributed by atoms with E-state index in [-0.39, 0.29) is 30.1 Å². The molecule has 0 saturated carbocycles. The maximum atomic E-state index is 13.5. The van der Waals surface area contributed by atoms with Crippen LogP contribution in [0.3, 0.4) is 0 Å². The molecule has 1 heterocycles. The predicted molar refractivity (Wildman–Crippen MR) is 148 cm³/mol. The van der Waals surface area contributed by atoms with E-state index < -0.39 is 5.91 Å². The SMILES string of the molecule is COc1ccc(C(=O)N(CC(=O)Nc2nc(-c3ccc(F)cc3)cn2-c2ccc(OC)cc2)CC(C)C)cc1. The number of methoxy groups -OCH3 is 2. The highest BCUT2D eigenvalue weighted by Crippen LogP contribution is 2.26. The molecule has 8 nitrogen and oxygen atoms in total. The molecule has 0 aliphatic rings. The molecule has 0 aliphatic carbocycles. The Labute approximate surface area is 227 Å². The summed E-state index contributed by atoms with van der Waals surface area (Å²) in [6, 6.07) is 20.0. The van der Waals surface area contributed by atoms with E-state index in [1.165, 1.54) is 17.0 Å². The third kappa shape index (κ3) is 6.81. The molecular formula is C30H31FN4O4. The summed E-state index contributed by atoms with van der Waals surface area (Å²) in [6.45, 7) is 4.20. The Hall–Kier alpha value is -4.66. The Morgan fingerprint density at radius 2 is 1.51 bits per heavy atom. The highest BCUT2D eigenvalue weighted by Gasteiger charge is 2.22. The first-order valence-electron chi connectivity index (χ1n) is 12.5. The standard InChI is InChI=1S/C30H31FN4O4/c1-20(2)17-34(29(37)22-7-13-25(38-3)14-8-22)19-28(36)33-30-32-27(21-5-9-23(31)10-6-21)18-35(30)24-11-15-26(39-4)16-12-24/h5-16,18,20H,17,19H2,1-4H3,(H,32,33,36). The molecule has 4 aromatic rings. The van der Waals surface area contributed by atoms with Crippen LogP contribution in [-0.4, -0.2) is 53.6 Å². The number of benzene rings is 3. The zero-order valence-corrected chi connectivity index (χ0v) is 22.3. The number of aromatic nitrogens is 2. The fourth-order valence-corrected chi connectivity index (χ4v) is 4.08. The quantitative estimate of drug-likeness (QED) is 0.295. The number of hydrogen-bond acceptors (Lipinski definition) is 5. The summed E-state index contributed by atoms with van der Waals surface area (Å²) in [6.07, 6.45) is 1.76. The summed E-state index contributed by atoms with van der Waals surface area (Å²) in [7, 11) is 3.14. The third-order valence-corrected chi connectivity index (χ3v) is 5.99. The molecule has 0 saturated heterocycles. The number of amides is 2. The minimum atomic E-state index is -0.400. The van der Waals surface area contributed by atoms with E-state index >= 15 is 0 Å². The lowest BCUT2D eigenvalue weighted by Crippen LogP contribution is -2.40. The maximum absolute atomic E-state index is 13.5. The van der Waals surface area contributed by atoms with Crippen molar-refractivity contribution < 1.29 is 23.5 Å². The van der Waals surface area contributed by atoms with Crippen LogP contribution in [0.2, 0.25) is 0 Å². The third-order valence-electron chi connectivity index (χ3n) is 5.99. The number of carbonyl (C=O) groups is 2. The second-order valence-electron chi connectivity index (χ2n) is 9.38. The van der Waals surface area contributed by atoms with Gasteiger partial charge >= 0.3 is 0 Å². The molecule has 0 aliphatic heterocycles. The Morgan fingerprint density at radius 1 is 0.923 bits per heavy atom. The van der Waals surface area contributed by atoms with Crippen molar-refractivity contribution >= 4 is 17.8 Å². The van der Waals surface area contributed by atoms with Gasteiger partial charge in [0.25, 0.3) is 5.91 Å². The molecule has 202 valence electrons. The first-order valence-corrected chi connectivity index (χ1v) is 12.5. The lowest BCUT2D eigenvalue weighted by Gasteiger charge is -2.24. The molecule has 1 N–H and O–H groups in total. The smallest absolute Gasteiger partial charge is 0.254 e. The van der Waals surface area contributed by atoms with Gasteiger partial charge in [0.05, 0.1) is 19.9 Å². The Balaban J connectivity index is 1.61. The van der Waals surface area contributed by atoms with Gasteiger partial charge in [-0.25, -0.2) is 9.37 Å². The molecule has 0 spiro atoms. The molecule has 1 aromatic heterocycles. The van der Waals surface area contributed by atoms with Crippen molar-refractivity contribution in [3.8, 4) is 28.4 Å². The van der Waals surface area contributed by atoms with Gasteiger partial charge in [-0.2, -0.15) is 0 Å². The van der Waals surface area contributed by atoms with Crippen LogP contribution >= 0.6 is 0 Å². The van der Waals surface area contributed by atoms with Gasteiger partial charge in [0.2, 0.25) is 11.9 Å². The van der Waals surface area contributed by atoms with Gasteiger partial charge in [-0.1, -0.05) is 13.8 Å². The Bertz CT molecular complexity index is 1420. The predicted octanol–water partition coefficient (Wildman–Crippen LogP) is 5.43. The van der Waals surface area contributed by atoms with E-state index in [4.69, 9.17) is 9.47 Å². The molecule has 0 atom stereocenters. The molecule has 0 unspecified atom stereocenters. The van der Waals surface area contributed by atoms with Gasteiger partial charge in [-0.15, -0.1) is 0 Å². The second-order valence-corrected chi connectivity index (χ2v) is 9.38. The maximum Gasteiger partial charge on any atom is 0.254 e. The van der Waals surface area contributed by atoms with Gasteiger partial charge < -0.3 is 14.4 Å². The van der Waals surface area contributed by atoms with E-state index in [2.05, 4.69) is 10.3 Å². The average molecular weight is 531 g/mol. The number of nitrogens with one attached hydrogen (secondary N) is 1. The van der Waals surface area contributed by atoms with Gasteiger partial charge in [0.15, 0.2) is 0 Å². The summed E-state index contributed by atoms with van der Waals surface area (Å²) in [5, 5.41) is 2.86. The first kappa shape index (κ1) is 27.4. The normalized spacial score (nSPS) is 10.8. The fourth-order valence-electron chi connectivity index (χ4n) is 4.08. The van der Waals surface area contributed by atoms with E-state index in [1.54, 1.807) is 73.5 Å². The molecule has 9 heteroatoms. The number of hydrogen-bond donors (Lipinski definition) is 1. The number of halogens is 1. The van der Waals surface area contributed by atoms with Crippen molar-refractivity contribution in [3.63, 3.8) is 0 Å². The van der Waals surface area contributed by atoms with Crippen LogP contribution in [0.4, 0.5) is 10.3 Å². The summed E-state index contributed by atoms with van der Waals surface area (Å²) in [4.78, 5) is 32.7. The average Bonchev–Trinajstić information content (AvgIpc) is 3.35. The number of imidazole rings is 1. The second kappa shape index (κ2) is 12.3. The molecule has 0 radical (unpaired) electrons. The van der Waals surface area contributed by atoms with Crippen LogP contribution < -0.4 is 14.8 Å². The summed E-state index contributed by atoms with van der Waals surface area (Å²) < 4.78 is 25.7. The number of carbonyl (C=O) groups excluding carboxylic acids is 2. The minimum absolute atomic E-state index is 0.145. The van der Waals surface area contributed by atoms with Crippen molar-refractivity contribution in [1.29, 1.82) is 0 Å². The highest BCUT2D eigenvalue weighted by molar-refractivity contribution is 5.99. The zero-order chi connectivity index (χ0) is 27.9. The summed E-state index contributed by atoms with van der Waals surface area (Å²) in [5.74, 6) is 0.730. The highest BCUT2D eigenvalue weighted by atomic mass is 19.1. The molecule has 0 bridgehead atoms. The minimum Gasteiger partial charge on any atom is -0.497 e. The zero-order valence-electron chi connectivity index (χ0n) is 22.3. The number of anilines is 1. The van der Waals surface area contributed by atoms with Crippen molar-refractivity contribution in [2.75, 3.05) is 32.6 Å². The molecule has 4 rings (SSSR count). The van der Waals surface area contributed by atoms with Crippen molar-refractivity contribution in [2.24, 2.45) is 5.92 Å². The van der Waals surface area contributed by atoms with E-state index in [1.807, 2.05) is 26.0 Å². The van der Waals surface area contributed by atoms with Crippen LogP contribution in [0, 0.1) is 11.7 Å². The van der Waals surface area contributed by atoms with Crippen LogP contribution in [0.1, 0.15) is 24.2 Å². The molecule has 2 amide bonds. The van der Waals surface area contributed by atoms with Crippen LogP contribution in [0.5, 0.6) is 11.5 Å². The topological polar surface area (TPSA) is 85.7 Å². The van der Waals surface area contributed by atoms with E-state index in [0.717, 1.165) is 5.69 Å². The number of ether oxygens (including phenoxy) is 2. The largest absolute Gasteiger partial charge is 0.497 e. The molecule has 0 fully saturated rings. The number of rotatable bonds is 10. The van der Waals surface area contributed by atoms with E-state index in [0.29, 0.717) is 34.9 Å². The molecule has 39 heavy (non-hydrogen) atoms. The van der Waals surface area contributed by atoms with Crippen LogP contribution in [-0.2, 0) is 4.79 Å². The lowest BCUT2D eigenvalue weighted by molar-refractivity contribution is -0.117. The monoisotopic (exact) mass is 530 g/mol. The summed E-state index contributed by atoms with van der Waals surface area (Å²) in [5.41, 5.74) is 2.44. The van der Waals surface area contributed by atoms with Gasteiger partial charge in [0.1, 0.15) is 23.9 Å². The lowest BCUT2D eigenvalue weighted by atomic mass is 10.1. The fraction of sp³-hybridized carbons (Fsp3) is 0.233. The van der Waals surface area contributed by atoms with E-state index in [9.17, 15) is 14.0 Å². The van der Waals surface area contributed by atoms with Crippen LogP contribution in [0.25, 0.3) is 16.9 Å². The van der Waals surface area contributed by atoms with Crippen molar-refractivity contribution in [2.45, 2.75) is 13.8 Å². The van der Waals surface area contributed by atoms with Gasteiger partial charge in [0, 0.05) is 29.6 Å². The first-order chi connectivity index (χ1) is 18.8. The molecular weight excluding hydrogens is 499 g/mol. The molecule has 3 aromatic carbocycles. The van der Waals surface area contributed by atoms with Crippen molar-refractivity contribution in [1.82, 2.24) is 14.5 Å². The Kier molecular flexibility index (Phi) is 8.60.